The van der Waals surface area contributed by atoms with E-state index in [4.69, 9.17) is 14.2 Å². The van der Waals surface area contributed by atoms with Gasteiger partial charge in [0.05, 0.1) is 43.2 Å². The first kappa shape index (κ1) is 37.8. The smallest absolute Gasteiger partial charge is 0.313 e. The van der Waals surface area contributed by atoms with E-state index >= 15 is 0 Å². The van der Waals surface area contributed by atoms with Gasteiger partial charge >= 0.3 is 5.97 Å². The van der Waals surface area contributed by atoms with Crippen LogP contribution >= 0.6 is 15.9 Å². The van der Waals surface area contributed by atoms with Gasteiger partial charge in [0.25, 0.3) is 0 Å². The summed E-state index contributed by atoms with van der Waals surface area (Å²) in [7, 11) is 1.50. The highest BCUT2D eigenvalue weighted by molar-refractivity contribution is 9.09. The molecule has 3 saturated heterocycles. The van der Waals surface area contributed by atoms with Crippen molar-refractivity contribution in [2.24, 2.45) is 11.8 Å². The molecule has 264 valence electrons. The van der Waals surface area contributed by atoms with Crippen LogP contribution in [-0.2, 0) is 33.4 Å². The van der Waals surface area contributed by atoms with Crippen molar-refractivity contribution in [3.05, 3.63) is 61.2 Å². The molecule has 4 rings (SSSR count). The van der Waals surface area contributed by atoms with Gasteiger partial charge in [-0.25, -0.2) is 0 Å². The van der Waals surface area contributed by atoms with Crippen molar-refractivity contribution in [3.8, 4) is 0 Å². The highest BCUT2D eigenvalue weighted by atomic mass is 79.9. The lowest BCUT2D eigenvalue weighted by Gasteiger charge is -2.39. The molecule has 0 radical (unpaired) electrons. The third-order valence-corrected chi connectivity index (χ3v) is 10.6. The number of methoxy groups -OCH3 is 1. The summed E-state index contributed by atoms with van der Waals surface area (Å²) in [4.78, 5) is 59.1. The van der Waals surface area contributed by atoms with Crippen LogP contribution in [0.2, 0.25) is 0 Å². The predicted octanol–water partition coefficient (Wildman–Crippen LogP) is 3.70. The zero-order valence-corrected chi connectivity index (χ0v) is 29.8. The number of aliphatic hydroxyl groups excluding tert-OH is 1. The molecule has 1 aromatic rings. The number of hydrogen-bond donors (Lipinski definition) is 2. The Kier molecular flexibility index (Phi) is 13.4. The third-order valence-electron chi connectivity index (χ3n) is 9.76. The summed E-state index contributed by atoms with van der Waals surface area (Å²) in [6.07, 6.45) is 4.68. The Labute approximate surface area is 292 Å². The van der Waals surface area contributed by atoms with Gasteiger partial charge in [0.1, 0.15) is 17.7 Å². The largest absolute Gasteiger partial charge is 0.455 e. The lowest BCUT2D eigenvalue weighted by atomic mass is 9.70. The monoisotopic (exact) mass is 731 g/mol. The summed E-state index contributed by atoms with van der Waals surface area (Å²) < 4.78 is 18.4. The van der Waals surface area contributed by atoms with Crippen molar-refractivity contribution in [2.75, 3.05) is 33.4 Å². The van der Waals surface area contributed by atoms with Gasteiger partial charge in [-0.3, -0.25) is 19.2 Å². The molecule has 9 atom stereocenters. The first-order valence-electron chi connectivity index (χ1n) is 16.9. The minimum absolute atomic E-state index is 0.0561. The molecule has 3 aliphatic rings. The van der Waals surface area contributed by atoms with E-state index < -0.39 is 59.6 Å². The van der Waals surface area contributed by atoms with Crippen LogP contribution in [0.3, 0.4) is 0 Å². The Morgan fingerprint density at radius 2 is 1.96 bits per heavy atom. The predicted molar refractivity (Wildman–Crippen MR) is 184 cm³/mol. The lowest BCUT2D eigenvalue weighted by Crippen LogP contribution is -2.59. The number of esters is 1. The number of unbranched alkanes of at least 4 members (excludes halogenated alkanes) is 1. The zero-order chi connectivity index (χ0) is 35.0. The molecule has 12 heteroatoms. The van der Waals surface area contributed by atoms with Crippen molar-refractivity contribution < 1.29 is 38.5 Å². The molecule has 2 N–H and O–H groups in total. The summed E-state index contributed by atoms with van der Waals surface area (Å²) in [5.41, 5.74) is -0.668. The Bertz CT molecular complexity index is 1310. The van der Waals surface area contributed by atoms with E-state index in [0.717, 1.165) is 12.8 Å². The van der Waals surface area contributed by atoms with E-state index in [1.54, 1.807) is 29.2 Å². The second kappa shape index (κ2) is 17.0. The molecule has 3 aliphatic heterocycles. The average Bonchev–Trinajstić information content (AvgIpc) is 3.68. The van der Waals surface area contributed by atoms with Crippen LogP contribution in [0.25, 0.3) is 0 Å². The van der Waals surface area contributed by atoms with E-state index in [9.17, 15) is 24.3 Å². The quantitative estimate of drug-likeness (QED) is 0.125. The van der Waals surface area contributed by atoms with Crippen molar-refractivity contribution in [1.29, 1.82) is 0 Å². The highest BCUT2D eigenvalue weighted by Gasteiger charge is 2.77. The Morgan fingerprint density at radius 3 is 2.56 bits per heavy atom. The van der Waals surface area contributed by atoms with E-state index in [0.29, 0.717) is 37.9 Å². The zero-order valence-electron chi connectivity index (χ0n) is 28.2. The lowest BCUT2D eigenvalue weighted by molar-refractivity contribution is -0.163. The number of nitrogens with zero attached hydrogens (tertiary/aromatic N) is 2. The summed E-state index contributed by atoms with van der Waals surface area (Å²) in [6, 6.07) is 6.64. The molecule has 3 amide bonds. The van der Waals surface area contributed by atoms with Crippen LogP contribution in [0, 0.1) is 11.8 Å². The first-order valence-corrected chi connectivity index (χ1v) is 17.8. The van der Waals surface area contributed by atoms with Gasteiger partial charge in [0.2, 0.25) is 17.7 Å². The molecule has 0 aromatic heterocycles. The fraction of sp³-hybridized carbons (Fsp3) is 0.611. The molecular formula is C36H50BrN3O8. The van der Waals surface area contributed by atoms with Crippen molar-refractivity contribution in [3.63, 3.8) is 0 Å². The number of carbonyl (C=O) groups excluding carboxylic acids is 4. The molecule has 11 nitrogen and oxygen atoms in total. The second-order valence-corrected chi connectivity index (χ2v) is 14.0. The number of alkyl halides is 1. The Balaban J connectivity index is 1.74. The molecule has 1 spiro atoms. The molecule has 3 heterocycles. The number of rotatable bonds is 19. The number of halogens is 1. The number of aliphatic hydroxyl groups is 1. The maximum absolute atomic E-state index is 14.5. The van der Waals surface area contributed by atoms with Gasteiger partial charge in [-0.05, 0) is 31.2 Å². The van der Waals surface area contributed by atoms with E-state index in [1.165, 1.54) is 12.0 Å². The maximum Gasteiger partial charge on any atom is 0.313 e. The number of hydrogen-bond acceptors (Lipinski definition) is 8. The molecular weight excluding hydrogens is 682 g/mol. The molecule has 0 saturated carbocycles. The SMILES string of the molecule is C=CCCC(=O)N[C@@H](COC)[C@@H](OC(=O)[C@@H]1[C@H]2O[C@@]3(CC2Br)[C@H](C(=O)N(CC=C)CCCC)N([C@@H](CC)CO)C(=O)[C@@H]13)c1ccccc1. The number of benzene rings is 1. The topological polar surface area (TPSA) is 135 Å². The minimum Gasteiger partial charge on any atom is -0.455 e. The van der Waals surface area contributed by atoms with Crippen LogP contribution in [0.4, 0.5) is 0 Å². The standard InChI is InChI=1S/C36H50BrN3O8/c1-6-10-17-27(42)38-26(22-46-5)30(23-15-13-12-14-16-23)47-35(45)28-29-33(43)40(24(9-4)21-41)32(36(29)20-25(37)31(28)48-36)34(44)39(18-8-3)19-11-7-2/h6,8,12-16,24-26,28-32,41H,1,3,7,9-11,17-22H2,2,4-5H3,(H,38,42)/t24-,25?,26-,28-,29+,30-,31-,32-,36+/m0/s1. The molecule has 1 unspecified atom stereocenters. The summed E-state index contributed by atoms with van der Waals surface area (Å²) in [5.74, 6) is -3.66. The van der Waals surface area contributed by atoms with E-state index in [1.807, 2.05) is 32.0 Å². The molecule has 2 bridgehead atoms. The number of fused-ring (bicyclic) bond motifs is 1. The normalized spacial score (nSPS) is 27.6. The number of carbonyl (C=O) groups is 4. The minimum atomic E-state index is -1.31. The van der Waals surface area contributed by atoms with Crippen LogP contribution in [0.1, 0.15) is 64.0 Å². The summed E-state index contributed by atoms with van der Waals surface area (Å²) in [6.45, 7) is 11.9. The van der Waals surface area contributed by atoms with Crippen LogP contribution in [-0.4, -0.2) is 107 Å². The molecule has 0 aliphatic carbocycles. The number of allylic oxidation sites excluding steroid dienone is 1. The number of nitrogens with one attached hydrogen (secondary N) is 1. The summed E-state index contributed by atoms with van der Waals surface area (Å²) in [5, 5.41) is 13.4. The molecule has 1 aromatic carbocycles. The van der Waals surface area contributed by atoms with Crippen molar-refractivity contribution >= 4 is 39.6 Å². The van der Waals surface area contributed by atoms with Crippen LogP contribution in [0.5, 0.6) is 0 Å². The fourth-order valence-electron chi connectivity index (χ4n) is 7.52. The number of amides is 3. The summed E-state index contributed by atoms with van der Waals surface area (Å²) >= 11 is 3.72. The molecule has 3 fully saturated rings. The van der Waals surface area contributed by atoms with Crippen LogP contribution < -0.4 is 5.32 Å². The number of ether oxygens (including phenoxy) is 3. The Hall–Kier alpha value is -3.06. The van der Waals surface area contributed by atoms with Crippen molar-refractivity contribution in [1.82, 2.24) is 15.1 Å². The Morgan fingerprint density at radius 1 is 1.23 bits per heavy atom. The average molecular weight is 733 g/mol. The van der Waals surface area contributed by atoms with E-state index in [2.05, 4.69) is 34.4 Å². The maximum atomic E-state index is 14.5. The van der Waals surface area contributed by atoms with Crippen LogP contribution in [0.15, 0.2) is 55.6 Å². The van der Waals surface area contributed by atoms with E-state index in [-0.39, 0.29) is 36.3 Å². The first-order chi connectivity index (χ1) is 23.1. The third kappa shape index (κ3) is 7.41. The van der Waals surface area contributed by atoms with Crippen molar-refractivity contribution in [2.45, 2.75) is 93.1 Å². The van der Waals surface area contributed by atoms with Gasteiger partial charge in [-0.1, -0.05) is 78.7 Å². The second-order valence-electron chi connectivity index (χ2n) is 12.8. The number of likely N-dealkylation sites (tertiary alicyclic amines) is 1. The van der Waals surface area contributed by atoms with Gasteiger partial charge in [-0.15, -0.1) is 13.2 Å². The molecule has 48 heavy (non-hydrogen) atoms. The highest BCUT2D eigenvalue weighted by Crippen LogP contribution is 2.61. The van der Waals surface area contributed by atoms with Gasteiger partial charge in [0.15, 0.2) is 0 Å². The fourth-order valence-corrected chi connectivity index (χ4v) is 8.46. The van der Waals surface area contributed by atoms with Gasteiger partial charge in [0, 0.05) is 31.4 Å². The van der Waals surface area contributed by atoms with Gasteiger partial charge in [-0.2, -0.15) is 0 Å². The van der Waals surface area contributed by atoms with Gasteiger partial charge < -0.3 is 34.4 Å².